The molecule has 1 atom stereocenters. The highest BCUT2D eigenvalue weighted by atomic mass is 32.1. The van der Waals surface area contributed by atoms with Crippen LogP contribution in [0.2, 0.25) is 0 Å². The Bertz CT molecular complexity index is 625. The van der Waals surface area contributed by atoms with E-state index in [1.165, 1.54) is 11.5 Å². The molecule has 0 radical (unpaired) electrons. The second-order valence-corrected chi connectivity index (χ2v) is 5.98. The number of fused-ring (bicyclic) bond motifs is 1. The first-order chi connectivity index (χ1) is 9.78. The first kappa shape index (κ1) is 11.8. The summed E-state index contributed by atoms with van der Waals surface area (Å²) < 4.78 is 6.32. The molecular formula is C12H14N6OS. The van der Waals surface area contributed by atoms with Gasteiger partial charge in [0.1, 0.15) is 11.6 Å². The Morgan fingerprint density at radius 3 is 3.15 bits per heavy atom. The van der Waals surface area contributed by atoms with Crippen LogP contribution >= 0.6 is 11.5 Å². The molecule has 4 rings (SSSR count). The summed E-state index contributed by atoms with van der Waals surface area (Å²) in [5.41, 5.74) is 0. The van der Waals surface area contributed by atoms with Gasteiger partial charge in [-0.2, -0.15) is 4.37 Å². The fourth-order valence-electron chi connectivity index (χ4n) is 2.43. The fourth-order valence-corrected chi connectivity index (χ4v) is 3.07. The molecule has 0 bridgehead atoms. The number of nitrogens with zero attached hydrogens (tertiary/aromatic N) is 4. The van der Waals surface area contributed by atoms with E-state index in [0.29, 0.717) is 11.0 Å². The standard InChI is InChI=1S/C12H14N6OS/c19-11(14-8-5-9-13-3-4-18(9)6-8)16-12-15-10(17-20-12)7-1-2-7/h3-4,7-8H,1-2,5-6H2,(H2,14,15,16,17,19). The average Bonchev–Trinajstić information content (AvgIpc) is 2.81. The lowest BCUT2D eigenvalue weighted by Crippen LogP contribution is -2.38. The van der Waals surface area contributed by atoms with Gasteiger partial charge in [-0.05, 0) is 12.8 Å². The monoisotopic (exact) mass is 290 g/mol. The van der Waals surface area contributed by atoms with E-state index in [1.54, 1.807) is 6.20 Å². The largest absolute Gasteiger partial charge is 0.333 e. The van der Waals surface area contributed by atoms with Crippen molar-refractivity contribution in [3.05, 3.63) is 24.0 Å². The lowest BCUT2D eigenvalue weighted by molar-refractivity contribution is 0.248. The van der Waals surface area contributed by atoms with Gasteiger partial charge in [0.05, 0.1) is 6.04 Å². The zero-order valence-corrected chi connectivity index (χ0v) is 11.6. The fraction of sp³-hybridized carbons (Fsp3) is 0.500. The van der Waals surface area contributed by atoms with E-state index < -0.39 is 0 Å². The number of nitrogens with one attached hydrogen (secondary N) is 2. The molecule has 2 aromatic rings. The minimum atomic E-state index is -0.223. The summed E-state index contributed by atoms with van der Waals surface area (Å²) in [5.74, 6) is 2.39. The van der Waals surface area contributed by atoms with Gasteiger partial charge in [-0.3, -0.25) is 5.32 Å². The van der Waals surface area contributed by atoms with Crippen molar-refractivity contribution in [2.75, 3.05) is 5.32 Å². The lowest BCUT2D eigenvalue weighted by atomic mass is 10.2. The first-order valence-corrected chi connectivity index (χ1v) is 7.46. The van der Waals surface area contributed by atoms with Gasteiger partial charge in [0.2, 0.25) is 5.13 Å². The minimum Gasteiger partial charge on any atom is -0.333 e. The van der Waals surface area contributed by atoms with Crippen LogP contribution < -0.4 is 10.6 Å². The molecule has 7 nitrogen and oxygen atoms in total. The number of hydrogen-bond acceptors (Lipinski definition) is 5. The zero-order chi connectivity index (χ0) is 13.5. The molecule has 20 heavy (non-hydrogen) atoms. The Hall–Kier alpha value is -1.96. The second-order valence-electron chi connectivity index (χ2n) is 5.23. The van der Waals surface area contributed by atoms with Crippen LogP contribution in [0.15, 0.2) is 12.4 Å². The first-order valence-electron chi connectivity index (χ1n) is 6.69. The third kappa shape index (κ3) is 2.26. The SMILES string of the molecule is O=C(Nc1nc(C2CC2)ns1)NC1Cc2nccn2C1. The van der Waals surface area contributed by atoms with Gasteiger partial charge in [0.25, 0.3) is 0 Å². The Kier molecular flexibility index (Phi) is 2.69. The van der Waals surface area contributed by atoms with Crippen molar-refractivity contribution >= 4 is 22.7 Å². The van der Waals surface area contributed by atoms with Gasteiger partial charge in [-0.1, -0.05) is 0 Å². The number of carbonyl (C=O) groups excluding carboxylic acids is 1. The molecule has 104 valence electrons. The molecule has 2 aromatic heterocycles. The summed E-state index contributed by atoms with van der Waals surface area (Å²) in [6.45, 7) is 0.770. The van der Waals surface area contributed by atoms with Crippen molar-refractivity contribution in [3.63, 3.8) is 0 Å². The Labute approximate surface area is 119 Å². The summed E-state index contributed by atoms with van der Waals surface area (Å²) >= 11 is 1.24. The molecule has 1 aliphatic carbocycles. The third-order valence-electron chi connectivity index (χ3n) is 3.59. The highest BCUT2D eigenvalue weighted by Gasteiger charge is 2.28. The Morgan fingerprint density at radius 1 is 1.45 bits per heavy atom. The van der Waals surface area contributed by atoms with Crippen molar-refractivity contribution in [2.24, 2.45) is 0 Å². The van der Waals surface area contributed by atoms with Crippen LogP contribution in [0.1, 0.15) is 30.4 Å². The number of anilines is 1. The Morgan fingerprint density at radius 2 is 2.35 bits per heavy atom. The van der Waals surface area contributed by atoms with Crippen LogP contribution in [0.5, 0.6) is 0 Å². The summed E-state index contributed by atoms with van der Waals surface area (Å²) in [4.78, 5) is 20.5. The lowest BCUT2D eigenvalue weighted by Gasteiger charge is -2.11. The molecule has 1 aliphatic heterocycles. The number of aromatic nitrogens is 4. The number of amides is 2. The van der Waals surface area contributed by atoms with Crippen molar-refractivity contribution in [3.8, 4) is 0 Å². The summed E-state index contributed by atoms with van der Waals surface area (Å²) in [5, 5.41) is 6.27. The smallest absolute Gasteiger partial charge is 0.321 e. The molecular weight excluding hydrogens is 276 g/mol. The maximum atomic E-state index is 11.9. The van der Waals surface area contributed by atoms with E-state index in [2.05, 4.69) is 29.5 Å². The van der Waals surface area contributed by atoms with E-state index in [-0.39, 0.29) is 12.1 Å². The highest BCUT2D eigenvalue weighted by molar-refractivity contribution is 7.09. The van der Waals surface area contributed by atoms with Crippen LogP contribution in [0.3, 0.4) is 0 Å². The number of urea groups is 1. The second kappa shape index (κ2) is 4.55. The molecule has 0 spiro atoms. The molecule has 2 N–H and O–H groups in total. The number of hydrogen-bond donors (Lipinski definition) is 2. The van der Waals surface area contributed by atoms with E-state index >= 15 is 0 Å². The third-order valence-corrected chi connectivity index (χ3v) is 4.23. The maximum Gasteiger partial charge on any atom is 0.321 e. The molecule has 3 heterocycles. The topological polar surface area (TPSA) is 84.7 Å². The number of imidazole rings is 1. The molecule has 1 unspecified atom stereocenters. The summed E-state index contributed by atoms with van der Waals surface area (Å²) in [7, 11) is 0. The van der Waals surface area contributed by atoms with Crippen molar-refractivity contribution in [1.82, 2.24) is 24.2 Å². The predicted octanol–water partition coefficient (Wildman–Crippen LogP) is 1.36. The zero-order valence-electron chi connectivity index (χ0n) is 10.7. The molecule has 1 fully saturated rings. The van der Waals surface area contributed by atoms with Crippen LogP contribution in [-0.2, 0) is 13.0 Å². The van der Waals surface area contributed by atoms with Gasteiger partial charge < -0.3 is 9.88 Å². The maximum absolute atomic E-state index is 11.9. The van der Waals surface area contributed by atoms with E-state index in [1.807, 2.05) is 6.20 Å². The van der Waals surface area contributed by atoms with Crippen LogP contribution in [-0.4, -0.2) is 31.0 Å². The number of carbonyl (C=O) groups is 1. The average molecular weight is 290 g/mol. The normalized spacial score (nSPS) is 20.7. The molecule has 1 saturated carbocycles. The van der Waals surface area contributed by atoms with Crippen molar-refractivity contribution in [2.45, 2.75) is 37.8 Å². The van der Waals surface area contributed by atoms with E-state index in [0.717, 1.165) is 37.5 Å². The minimum absolute atomic E-state index is 0.0922. The van der Waals surface area contributed by atoms with E-state index in [9.17, 15) is 4.79 Å². The molecule has 2 aliphatic rings. The van der Waals surface area contributed by atoms with Crippen LogP contribution in [0.4, 0.5) is 9.93 Å². The predicted molar refractivity (Wildman–Crippen MR) is 73.8 cm³/mol. The highest BCUT2D eigenvalue weighted by Crippen LogP contribution is 2.39. The van der Waals surface area contributed by atoms with Gasteiger partial charge in [-0.25, -0.2) is 14.8 Å². The van der Waals surface area contributed by atoms with Crippen LogP contribution in [0.25, 0.3) is 0 Å². The van der Waals surface area contributed by atoms with E-state index in [4.69, 9.17) is 0 Å². The van der Waals surface area contributed by atoms with Gasteiger partial charge in [0, 0.05) is 42.8 Å². The molecule has 2 amide bonds. The quantitative estimate of drug-likeness (QED) is 0.894. The number of rotatable bonds is 3. The van der Waals surface area contributed by atoms with Crippen molar-refractivity contribution in [1.29, 1.82) is 0 Å². The summed E-state index contributed by atoms with van der Waals surface area (Å²) in [6, 6.07) is -0.131. The molecule has 0 saturated heterocycles. The molecule has 0 aromatic carbocycles. The Balaban J connectivity index is 1.33. The van der Waals surface area contributed by atoms with Crippen LogP contribution in [0, 0.1) is 0 Å². The van der Waals surface area contributed by atoms with Gasteiger partial charge in [0.15, 0.2) is 0 Å². The van der Waals surface area contributed by atoms with Crippen molar-refractivity contribution < 1.29 is 4.79 Å². The van der Waals surface area contributed by atoms with Gasteiger partial charge in [-0.15, -0.1) is 0 Å². The summed E-state index contributed by atoms with van der Waals surface area (Å²) in [6.07, 6.45) is 6.81. The van der Waals surface area contributed by atoms with Gasteiger partial charge >= 0.3 is 6.03 Å². The molecule has 8 heteroatoms.